The second-order valence-electron chi connectivity index (χ2n) is 8.07. The van der Waals surface area contributed by atoms with Gasteiger partial charge in [0.1, 0.15) is 5.75 Å². The molecule has 180 valence electrons. The number of halogens is 1. The van der Waals surface area contributed by atoms with Gasteiger partial charge in [0.15, 0.2) is 11.0 Å². The van der Waals surface area contributed by atoms with E-state index in [1.165, 1.54) is 11.8 Å². The van der Waals surface area contributed by atoms with Crippen LogP contribution in [0.2, 0.25) is 5.02 Å². The summed E-state index contributed by atoms with van der Waals surface area (Å²) in [5.41, 5.74) is 2.02. The number of anilines is 1. The van der Waals surface area contributed by atoms with E-state index in [9.17, 15) is 9.59 Å². The fraction of sp³-hybridized carbons (Fsp3) is 0.333. The summed E-state index contributed by atoms with van der Waals surface area (Å²) in [6.07, 6.45) is 0. The first-order chi connectivity index (χ1) is 16.2. The molecule has 0 aliphatic heterocycles. The minimum absolute atomic E-state index is 0.0667. The predicted molar refractivity (Wildman–Crippen MR) is 135 cm³/mol. The molecule has 8 nitrogen and oxygen atoms in total. The number of carbonyl (C=O) groups excluding carboxylic acids is 2. The molecule has 0 aliphatic carbocycles. The number of ether oxygens (including phenoxy) is 1. The molecule has 3 rings (SSSR count). The molecule has 1 aromatic heterocycles. The molecule has 0 bridgehead atoms. The molecular weight excluding hydrogens is 474 g/mol. The van der Waals surface area contributed by atoms with Gasteiger partial charge in [-0.25, -0.2) is 0 Å². The molecular formula is C24H28ClN5O3S. The smallest absolute Gasteiger partial charge is 0.251 e. The number of hydrogen-bond acceptors (Lipinski definition) is 6. The van der Waals surface area contributed by atoms with Crippen LogP contribution < -0.4 is 15.4 Å². The highest BCUT2D eigenvalue weighted by molar-refractivity contribution is 7.99. The average molecular weight is 502 g/mol. The van der Waals surface area contributed by atoms with Crippen LogP contribution in [0.4, 0.5) is 5.69 Å². The van der Waals surface area contributed by atoms with Gasteiger partial charge in [-0.3, -0.25) is 9.59 Å². The number of hydrogen-bond donors (Lipinski definition) is 2. The van der Waals surface area contributed by atoms with E-state index in [0.717, 1.165) is 5.56 Å². The van der Waals surface area contributed by atoms with Crippen molar-refractivity contribution in [2.24, 2.45) is 13.0 Å². The van der Waals surface area contributed by atoms with Gasteiger partial charge in [0, 0.05) is 23.3 Å². The van der Waals surface area contributed by atoms with E-state index < -0.39 is 0 Å². The number of carbonyl (C=O) groups is 2. The van der Waals surface area contributed by atoms with Gasteiger partial charge in [0.05, 0.1) is 18.9 Å². The van der Waals surface area contributed by atoms with Gasteiger partial charge in [-0.1, -0.05) is 43.3 Å². The Kier molecular flexibility index (Phi) is 8.57. The Labute approximate surface area is 208 Å². The molecule has 1 atom stereocenters. The van der Waals surface area contributed by atoms with Crippen LogP contribution in [0.3, 0.4) is 0 Å². The van der Waals surface area contributed by atoms with Gasteiger partial charge in [-0.15, -0.1) is 10.2 Å². The van der Waals surface area contributed by atoms with Crippen LogP contribution in [0.15, 0.2) is 47.6 Å². The Morgan fingerprint density at radius 3 is 2.50 bits per heavy atom. The molecule has 0 aliphatic rings. The number of thioether (sulfide) groups is 1. The molecule has 1 heterocycles. The minimum atomic E-state index is -0.357. The Hall–Kier alpha value is -3.04. The lowest BCUT2D eigenvalue weighted by Crippen LogP contribution is -2.33. The lowest BCUT2D eigenvalue weighted by molar-refractivity contribution is -0.113. The molecule has 1 unspecified atom stereocenters. The number of nitrogens with zero attached hydrogens (tertiary/aromatic N) is 3. The zero-order valence-electron chi connectivity index (χ0n) is 19.8. The van der Waals surface area contributed by atoms with Crippen molar-refractivity contribution < 1.29 is 14.3 Å². The lowest BCUT2D eigenvalue weighted by atomic mass is 10.0. The second-order valence-corrected chi connectivity index (χ2v) is 9.42. The van der Waals surface area contributed by atoms with E-state index in [1.807, 2.05) is 38.5 Å². The predicted octanol–water partition coefficient (Wildman–Crippen LogP) is 4.64. The molecule has 0 fully saturated rings. The molecule has 0 saturated carbocycles. The first-order valence-corrected chi connectivity index (χ1v) is 12.1. The molecule has 0 saturated heterocycles. The summed E-state index contributed by atoms with van der Waals surface area (Å²) in [4.78, 5) is 25.3. The summed E-state index contributed by atoms with van der Waals surface area (Å²) >= 11 is 7.40. The van der Waals surface area contributed by atoms with Crippen molar-refractivity contribution >= 4 is 40.9 Å². The first-order valence-electron chi connectivity index (χ1n) is 10.7. The summed E-state index contributed by atoms with van der Waals surface area (Å²) in [7, 11) is 3.40. The van der Waals surface area contributed by atoms with E-state index in [4.69, 9.17) is 16.3 Å². The van der Waals surface area contributed by atoms with Crippen LogP contribution >= 0.6 is 23.4 Å². The third-order valence-electron chi connectivity index (χ3n) is 5.33. The Morgan fingerprint density at radius 2 is 1.85 bits per heavy atom. The zero-order valence-corrected chi connectivity index (χ0v) is 21.3. The molecule has 2 aromatic carbocycles. The monoisotopic (exact) mass is 501 g/mol. The summed E-state index contributed by atoms with van der Waals surface area (Å²) in [5, 5.41) is 15.6. The van der Waals surface area contributed by atoms with Crippen LogP contribution in [0.1, 0.15) is 41.6 Å². The van der Waals surface area contributed by atoms with Crippen molar-refractivity contribution in [2.45, 2.75) is 32.0 Å². The molecule has 2 N–H and O–H groups in total. The fourth-order valence-electron chi connectivity index (χ4n) is 3.28. The maximum Gasteiger partial charge on any atom is 0.251 e. The van der Waals surface area contributed by atoms with E-state index in [1.54, 1.807) is 43.5 Å². The third-order valence-corrected chi connectivity index (χ3v) is 6.76. The van der Waals surface area contributed by atoms with Crippen LogP contribution in [0.5, 0.6) is 5.75 Å². The summed E-state index contributed by atoms with van der Waals surface area (Å²) < 4.78 is 6.96. The number of nitrogens with one attached hydrogen (secondary N) is 2. The van der Waals surface area contributed by atoms with Crippen molar-refractivity contribution in [3.05, 3.63) is 64.4 Å². The summed E-state index contributed by atoms with van der Waals surface area (Å²) in [6.45, 7) is 5.86. The molecule has 0 radical (unpaired) electrons. The van der Waals surface area contributed by atoms with E-state index >= 15 is 0 Å². The lowest BCUT2D eigenvalue weighted by Gasteiger charge is -2.21. The highest BCUT2D eigenvalue weighted by atomic mass is 35.5. The minimum Gasteiger partial charge on any atom is -0.497 e. The van der Waals surface area contributed by atoms with Gasteiger partial charge in [0.2, 0.25) is 5.91 Å². The summed E-state index contributed by atoms with van der Waals surface area (Å²) in [6, 6.07) is 11.9. The van der Waals surface area contributed by atoms with Gasteiger partial charge in [-0.2, -0.15) is 0 Å². The van der Waals surface area contributed by atoms with E-state index in [2.05, 4.69) is 20.8 Å². The zero-order chi connectivity index (χ0) is 24.8. The number of benzene rings is 2. The first kappa shape index (κ1) is 25.6. The van der Waals surface area contributed by atoms with Crippen LogP contribution in [0, 0.1) is 12.8 Å². The number of amides is 2. The van der Waals surface area contributed by atoms with Crippen molar-refractivity contribution in [1.82, 2.24) is 20.1 Å². The summed E-state index contributed by atoms with van der Waals surface area (Å²) in [5.74, 6) is 1.13. The highest BCUT2D eigenvalue weighted by Crippen LogP contribution is 2.26. The van der Waals surface area contributed by atoms with E-state index in [0.29, 0.717) is 33.0 Å². The van der Waals surface area contributed by atoms with Crippen molar-refractivity contribution in [3.8, 4) is 5.75 Å². The van der Waals surface area contributed by atoms with Gasteiger partial charge in [-0.05, 0) is 54.8 Å². The second kappa shape index (κ2) is 11.4. The molecule has 34 heavy (non-hydrogen) atoms. The van der Waals surface area contributed by atoms with Gasteiger partial charge < -0.3 is 19.9 Å². The molecule has 2 amide bonds. The van der Waals surface area contributed by atoms with E-state index in [-0.39, 0.29) is 29.5 Å². The molecule has 3 aromatic rings. The Bertz CT molecular complexity index is 1160. The largest absolute Gasteiger partial charge is 0.497 e. The SMILES string of the molecule is COc1ccc(C(=O)NC(c2nnc(SCC(=O)Nc3cccc(Cl)c3C)n2C)C(C)C)cc1. The quantitative estimate of drug-likeness (QED) is 0.414. The van der Waals surface area contributed by atoms with Crippen LogP contribution in [-0.4, -0.2) is 39.4 Å². The van der Waals surface area contributed by atoms with Gasteiger partial charge in [0.25, 0.3) is 5.91 Å². The highest BCUT2D eigenvalue weighted by Gasteiger charge is 2.25. The third kappa shape index (κ3) is 6.09. The van der Waals surface area contributed by atoms with Crippen LogP contribution in [-0.2, 0) is 11.8 Å². The number of rotatable bonds is 9. The molecule has 0 spiro atoms. The number of aromatic nitrogens is 3. The maximum absolute atomic E-state index is 12.8. The van der Waals surface area contributed by atoms with Crippen LogP contribution in [0.25, 0.3) is 0 Å². The number of methoxy groups -OCH3 is 1. The van der Waals surface area contributed by atoms with Crippen molar-refractivity contribution in [3.63, 3.8) is 0 Å². The normalized spacial score (nSPS) is 11.9. The fourth-order valence-corrected chi connectivity index (χ4v) is 4.17. The van der Waals surface area contributed by atoms with Gasteiger partial charge >= 0.3 is 0 Å². The topological polar surface area (TPSA) is 98.1 Å². The Balaban J connectivity index is 1.67. The van der Waals surface area contributed by atoms with Crippen molar-refractivity contribution in [2.75, 3.05) is 18.2 Å². The molecule has 10 heteroatoms. The standard InChI is InChI=1S/C24H28ClN5O3S/c1-14(2)21(27-23(32)16-9-11-17(33-5)12-10-16)22-28-29-24(30(22)4)34-13-20(31)26-19-8-6-7-18(25)15(19)3/h6-12,14,21H,13H2,1-5H3,(H,26,31)(H,27,32). The van der Waals surface area contributed by atoms with Crippen molar-refractivity contribution in [1.29, 1.82) is 0 Å². The maximum atomic E-state index is 12.8. The average Bonchev–Trinajstić information content (AvgIpc) is 3.18. The Morgan fingerprint density at radius 1 is 1.15 bits per heavy atom.